The number of phosphoric ester groups is 1. The van der Waals surface area contributed by atoms with E-state index >= 15 is 0 Å². The molecule has 0 amide bonds. The van der Waals surface area contributed by atoms with Crippen LogP contribution >= 0.6 is 7.82 Å². The lowest BCUT2D eigenvalue weighted by atomic mass is 10.2. The molecule has 8 nitrogen and oxygen atoms in total. The molecule has 0 aromatic carbocycles. The number of ether oxygens (including phenoxy) is 4. The highest BCUT2D eigenvalue weighted by Gasteiger charge is 2.12. The Labute approximate surface area is 138 Å². The Hall–Kier alpha value is -0.0500. The minimum atomic E-state index is -4.39. The van der Waals surface area contributed by atoms with Gasteiger partial charge in [0.1, 0.15) is 0 Å². The molecule has 140 valence electrons. The van der Waals surface area contributed by atoms with E-state index in [1.165, 1.54) is 19.3 Å². The minimum absolute atomic E-state index is 0.112. The molecule has 23 heavy (non-hydrogen) atoms. The summed E-state index contributed by atoms with van der Waals surface area (Å²) in [6, 6.07) is 0. The van der Waals surface area contributed by atoms with Gasteiger partial charge in [0, 0.05) is 6.61 Å². The summed E-state index contributed by atoms with van der Waals surface area (Å²) in [6.45, 7) is 5.82. The first-order valence-corrected chi connectivity index (χ1v) is 9.60. The smallest absolute Gasteiger partial charge is 0.379 e. The second kappa shape index (κ2) is 16.8. The third kappa shape index (κ3) is 21.9. The molecule has 2 N–H and O–H groups in total. The SMILES string of the molecule is CCCCCCOCCOCCOCCOCCOP(=O)(O)O. The van der Waals surface area contributed by atoms with Crippen LogP contribution in [0.25, 0.3) is 0 Å². The maximum atomic E-state index is 10.4. The van der Waals surface area contributed by atoms with Crippen LogP contribution in [0.2, 0.25) is 0 Å². The van der Waals surface area contributed by atoms with Gasteiger partial charge in [0.15, 0.2) is 0 Å². The van der Waals surface area contributed by atoms with Gasteiger partial charge in [-0.3, -0.25) is 4.52 Å². The second-order valence-corrected chi connectivity index (χ2v) is 6.07. The van der Waals surface area contributed by atoms with E-state index < -0.39 is 7.82 Å². The highest BCUT2D eigenvalue weighted by molar-refractivity contribution is 7.46. The monoisotopic (exact) mass is 358 g/mol. The van der Waals surface area contributed by atoms with Crippen molar-refractivity contribution in [3.8, 4) is 0 Å². The fourth-order valence-electron chi connectivity index (χ4n) is 1.61. The molecule has 9 heteroatoms. The van der Waals surface area contributed by atoms with Crippen LogP contribution in [0.15, 0.2) is 0 Å². The van der Waals surface area contributed by atoms with Crippen molar-refractivity contribution >= 4 is 7.82 Å². The fourth-order valence-corrected chi connectivity index (χ4v) is 1.92. The van der Waals surface area contributed by atoms with Crippen molar-refractivity contribution in [2.75, 3.05) is 59.5 Å². The Morgan fingerprint density at radius 3 is 1.52 bits per heavy atom. The van der Waals surface area contributed by atoms with Gasteiger partial charge in [0.25, 0.3) is 0 Å². The van der Waals surface area contributed by atoms with Crippen molar-refractivity contribution in [3.05, 3.63) is 0 Å². The normalized spacial score (nSPS) is 12.0. The lowest BCUT2D eigenvalue weighted by Crippen LogP contribution is -2.13. The highest BCUT2D eigenvalue weighted by Crippen LogP contribution is 2.35. The summed E-state index contributed by atoms with van der Waals surface area (Å²) in [7, 11) is -4.39. The predicted octanol–water partition coefficient (Wildman–Crippen LogP) is 1.74. The van der Waals surface area contributed by atoms with Crippen LogP contribution in [-0.4, -0.2) is 69.2 Å². The molecule has 0 unspecified atom stereocenters. The molecule has 0 aliphatic heterocycles. The molecule has 0 radical (unpaired) electrons. The summed E-state index contributed by atoms with van der Waals surface area (Å²) >= 11 is 0. The summed E-state index contributed by atoms with van der Waals surface area (Å²) < 4.78 is 35.7. The minimum Gasteiger partial charge on any atom is -0.379 e. The van der Waals surface area contributed by atoms with Crippen molar-refractivity contribution in [1.29, 1.82) is 0 Å². The van der Waals surface area contributed by atoms with E-state index in [9.17, 15) is 4.57 Å². The zero-order valence-electron chi connectivity index (χ0n) is 14.0. The van der Waals surface area contributed by atoms with E-state index in [2.05, 4.69) is 11.4 Å². The largest absolute Gasteiger partial charge is 0.469 e. The molecule has 0 saturated carbocycles. The van der Waals surface area contributed by atoms with Gasteiger partial charge >= 0.3 is 7.82 Å². The number of hydrogen-bond donors (Lipinski definition) is 2. The average molecular weight is 358 g/mol. The van der Waals surface area contributed by atoms with Gasteiger partial charge in [-0.15, -0.1) is 0 Å². The van der Waals surface area contributed by atoms with Gasteiger partial charge in [0.2, 0.25) is 0 Å². The first-order valence-electron chi connectivity index (χ1n) is 8.07. The van der Waals surface area contributed by atoms with Crippen molar-refractivity contribution < 1.29 is 37.8 Å². The zero-order chi connectivity index (χ0) is 17.2. The predicted molar refractivity (Wildman–Crippen MR) is 85.4 cm³/mol. The van der Waals surface area contributed by atoms with Crippen molar-refractivity contribution in [2.45, 2.75) is 32.6 Å². The average Bonchev–Trinajstić information content (AvgIpc) is 2.49. The molecule has 0 bridgehead atoms. The molecular weight excluding hydrogens is 327 g/mol. The Kier molecular flexibility index (Phi) is 16.8. The fraction of sp³-hybridized carbons (Fsp3) is 1.00. The Balaban J connectivity index is 3.01. The van der Waals surface area contributed by atoms with E-state index in [-0.39, 0.29) is 13.2 Å². The lowest BCUT2D eigenvalue weighted by Gasteiger charge is -2.08. The van der Waals surface area contributed by atoms with E-state index in [1.54, 1.807) is 0 Å². The standard InChI is InChI=1S/C14H31O8P/c1-2-3-4-5-6-18-7-8-19-9-10-20-11-12-21-13-14-22-23(15,16)17/h2-14H2,1H3,(H2,15,16,17). The molecule has 0 aromatic rings. The first-order chi connectivity index (χ1) is 11.1. The van der Waals surface area contributed by atoms with Crippen LogP contribution in [0.4, 0.5) is 0 Å². The maximum Gasteiger partial charge on any atom is 0.469 e. The molecule has 0 fully saturated rings. The second-order valence-electron chi connectivity index (χ2n) is 4.83. The Bertz CT molecular complexity index is 284. The molecule has 0 saturated heterocycles. The Morgan fingerprint density at radius 2 is 1.09 bits per heavy atom. The van der Waals surface area contributed by atoms with E-state index in [0.717, 1.165) is 13.0 Å². The molecule has 0 aromatic heterocycles. The van der Waals surface area contributed by atoms with Gasteiger partial charge in [-0.2, -0.15) is 0 Å². The molecular formula is C14H31O8P. The van der Waals surface area contributed by atoms with Crippen LogP contribution in [0.5, 0.6) is 0 Å². The van der Waals surface area contributed by atoms with Gasteiger partial charge in [0.05, 0.1) is 52.9 Å². The molecule has 0 atom stereocenters. The van der Waals surface area contributed by atoms with E-state index in [4.69, 9.17) is 28.7 Å². The summed E-state index contributed by atoms with van der Waals surface area (Å²) in [4.78, 5) is 16.9. The van der Waals surface area contributed by atoms with Crippen LogP contribution in [0, 0.1) is 0 Å². The summed E-state index contributed by atoms with van der Waals surface area (Å²) in [6.07, 6.45) is 4.82. The van der Waals surface area contributed by atoms with Crippen LogP contribution in [0.1, 0.15) is 32.6 Å². The van der Waals surface area contributed by atoms with Gasteiger partial charge in [-0.1, -0.05) is 26.2 Å². The molecule has 0 aliphatic carbocycles. The topological polar surface area (TPSA) is 104 Å². The maximum absolute atomic E-state index is 10.4. The van der Waals surface area contributed by atoms with Crippen LogP contribution in [0.3, 0.4) is 0 Å². The summed E-state index contributed by atoms with van der Waals surface area (Å²) in [5.74, 6) is 0. The number of rotatable bonds is 18. The third-order valence-corrected chi connectivity index (χ3v) is 3.26. The van der Waals surface area contributed by atoms with Crippen molar-refractivity contribution in [1.82, 2.24) is 0 Å². The van der Waals surface area contributed by atoms with Crippen LogP contribution in [-0.2, 0) is 28.0 Å². The van der Waals surface area contributed by atoms with Gasteiger partial charge < -0.3 is 28.7 Å². The van der Waals surface area contributed by atoms with Crippen molar-refractivity contribution in [2.24, 2.45) is 0 Å². The zero-order valence-corrected chi connectivity index (χ0v) is 14.9. The third-order valence-electron chi connectivity index (χ3n) is 2.75. The number of hydrogen-bond acceptors (Lipinski definition) is 6. The van der Waals surface area contributed by atoms with Crippen LogP contribution < -0.4 is 0 Å². The highest BCUT2D eigenvalue weighted by atomic mass is 31.2. The van der Waals surface area contributed by atoms with Gasteiger partial charge in [-0.05, 0) is 6.42 Å². The summed E-state index contributed by atoms with van der Waals surface area (Å²) in [5, 5.41) is 0. The van der Waals surface area contributed by atoms with Crippen molar-refractivity contribution in [3.63, 3.8) is 0 Å². The lowest BCUT2D eigenvalue weighted by molar-refractivity contribution is -0.00578. The van der Waals surface area contributed by atoms with E-state index in [0.29, 0.717) is 39.6 Å². The molecule has 0 rings (SSSR count). The molecule has 0 spiro atoms. The number of unbranched alkanes of at least 4 members (excludes halogenated alkanes) is 3. The Morgan fingerprint density at radius 1 is 0.652 bits per heavy atom. The first kappa shape index (κ1) is 22.9. The molecule has 0 aliphatic rings. The van der Waals surface area contributed by atoms with E-state index in [1.807, 2.05) is 0 Å². The quantitative estimate of drug-likeness (QED) is 0.282. The summed E-state index contributed by atoms with van der Waals surface area (Å²) in [5.41, 5.74) is 0. The molecule has 0 heterocycles. The number of phosphoric acid groups is 1. The van der Waals surface area contributed by atoms with Gasteiger partial charge in [-0.25, -0.2) is 4.57 Å².